The topological polar surface area (TPSA) is 73.0 Å². The molecule has 0 radical (unpaired) electrons. The second-order valence-electron chi connectivity index (χ2n) is 8.45. The van der Waals surface area contributed by atoms with Crippen LogP contribution in [0.5, 0.6) is 0 Å². The number of piperidine rings is 1. The molecule has 33 heavy (non-hydrogen) atoms. The number of carbonyl (C=O) groups is 1. The highest BCUT2D eigenvalue weighted by Gasteiger charge is 2.31. The molecular formula is C23H28F2N4O3S. The summed E-state index contributed by atoms with van der Waals surface area (Å²) >= 11 is 0. The molecule has 1 N–H and O–H groups in total. The molecular weight excluding hydrogens is 450 g/mol. The Hall–Kier alpha value is -2.56. The number of piperazine rings is 1. The van der Waals surface area contributed by atoms with E-state index >= 15 is 0 Å². The summed E-state index contributed by atoms with van der Waals surface area (Å²) in [4.78, 5) is 16.8. The average molecular weight is 479 g/mol. The van der Waals surface area contributed by atoms with Crippen LogP contribution in [0, 0.1) is 11.6 Å². The number of likely N-dealkylation sites (tertiary alicyclic amines) is 1. The number of benzene rings is 2. The Labute approximate surface area is 193 Å². The maximum Gasteiger partial charge on any atom is 0.317 e. The van der Waals surface area contributed by atoms with Gasteiger partial charge in [-0.2, -0.15) is 4.31 Å². The van der Waals surface area contributed by atoms with Crippen molar-refractivity contribution in [2.24, 2.45) is 0 Å². The minimum Gasteiger partial charge on any atom is -0.335 e. The second kappa shape index (κ2) is 10.1. The van der Waals surface area contributed by atoms with E-state index in [0.29, 0.717) is 19.6 Å². The fraction of sp³-hybridized carbons (Fsp3) is 0.435. The molecule has 2 fully saturated rings. The molecule has 2 aromatic rings. The number of rotatable bonds is 5. The number of urea groups is 1. The molecule has 7 nitrogen and oxygen atoms in total. The highest BCUT2D eigenvalue weighted by Crippen LogP contribution is 2.19. The first-order valence-corrected chi connectivity index (χ1v) is 12.5. The van der Waals surface area contributed by atoms with E-state index in [0.717, 1.165) is 37.6 Å². The molecule has 10 heteroatoms. The van der Waals surface area contributed by atoms with Gasteiger partial charge in [0.05, 0.1) is 4.90 Å². The molecule has 0 aliphatic carbocycles. The van der Waals surface area contributed by atoms with Crippen LogP contribution in [0.3, 0.4) is 0 Å². The summed E-state index contributed by atoms with van der Waals surface area (Å²) in [5, 5.41) is 3.06. The number of amides is 2. The van der Waals surface area contributed by atoms with Gasteiger partial charge in [-0.05, 0) is 42.7 Å². The highest BCUT2D eigenvalue weighted by atomic mass is 32.2. The van der Waals surface area contributed by atoms with Crippen molar-refractivity contribution in [2.75, 3.05) is 39.3 Å². The zero-order valence-electron chi connectivity index (χ0n) is 18.3. The third kappa shape index (κ3) is 5.69. The van der Waals surface area contributed by atoms with Crippen LogP contribution < -0.4 is 5.32 Å². The van der Waals surface area contributed by atoms with Gasteiger partial charge in [-0.1, -0.05) is 24.3 Å². The molecule has 4 rings (SSSR count). The number of sulfonamides is 1. The summed E-state index contributed by atoms with van der Waals surface area (Å²) in [5.74, 6) is -1.69. The Balaban J connectivity index is 1.22. The van der Waals surface area contributed by atoms with Gasteiger partial charge in [0.15, 0.2) is 11.6 Å². The summed E-state index contributed by atoms with van der Waals surface area (Å²) in [6, 6.07) is 12.1. The van der Waals surface area contributed by atoms with Crippen LogP contribution in [0.4, 0.5) is 13.6 Å². The monoisotopic (exact) mass is 478 g/mol. The van der Waals surface area contributed by atoms with E-state index in [-0.39, 0.29) is 30.1 Å². The van der Waals surface area contributed by atoms with Crippen molar-refractivity contribution < 1.29 is 22.0 Å². The minimum atomic E-state index is -3.55. The van der Waals surface area contributed by atoms with Crippen LogP contribution in [0.1, 0.15) is 18.4 Å². The van der Waals surface area contributed by atoms with Gasteiger partial charge in [0.1, 0.15) is 0 Å². The van der Waals surface area contributed by atoms with Crippen LogP contribution in [0.25, 0.3) is 0 Å². The predicted octanol–water partition coefficient (Wildman–Crippen LogP) is 2.65. The Morgan fingerprint density at radius 3 is 2.21 bits per heavy atom. The number of hydrogen-bond donors (Lipinski definition) is 1. The standard InChI is InChI=1S/C23H28F2N4O3S/c24-21-7-6-18(16-22(21)25)17-27-10-8-19(9-11-27)26-23(30)28-12-14-29(15-13-28)33(31,32)20-4-2-1-3-5-20/h1-7,16,19H,8-15,17H2,(H,26,30). The highest BCUT2D eigenvalue weighted by molar-refractivity contribution is 7.89. The molecule has 0 unspecified atom stereocenters. The first kappa shape index (κ1) is 23.6. The van der Waals surface area contributed by atoms with Crippen LogP contribution in [0.2, 0.25) is 0 Å². The van der Waals surface area contributed by atoms with Crippen molar-refractivity contribution in [3.63, 3.8) is 0 Å². The zero-order chi connectivity index (χ0) is 23.4. The molecule has 2 amide bonds. The van der Waals surface area contributed by atoms with Crippen molar-refractivity contribution in [1.82, 2.24) is 19.4 Å². The van der Waals surface area contributed by atoms with E-state index in [4.69, 9.17) is 0 Å². The number of nitrogens with zero attached hydrogens (tertiary/aromatic N) is 3. The summed E-state index contributed by atoms with van der Waals surface area (Å²) in [6.07, 6.45) is 1.52. The lowest BCUT2D eigenvalue weighted by atomic mass is 10.0. The second-order valence-corrected chi connectivity index (χ2v) is 10.4. The van der Waals surface area contributed by atoms with E-state index in [2.05, 4.69) is 10.2 Å². The summed E-state index contributed by atoms with van der Waals surface area (Å²) < 4.78 is 53.4. The van der Waals surface area contributed by atoms with Gasteiger partial charge < -0.3 is 10.2 Å². The van der Waals surface area contributed by atoms with Crippen molar-refractivity contribution in [1.29, 1.82) is 0 Å². The Bertz CT molecular complexity index is 1070. The Kier molecular flexibility index (Phi) is 7.26. The number of hydrogen-bond acceptors (Lipinski definition) is 4. The molecule has 2 aliphatic rings. The molecule has 2 aromatic carbocycles. The fourth-order valence-electron chi connectivity index (χ4n) is 4.27. The largest absolute Gasteiger partial charge is 0.335 e. The molecule has 178 valence electrons. The molecule has 0 spiro atoms. The van der Waals surface area contributed by atoms with Crippen LogP contribution in [-0.2, 0) is 16.6 Å². The van der Waals surface area contributed by atoms with E-state index in [1.165, 1.54) is 10.4 Å². The molecule has 2 aliphatic heterocycles. The van der Waals surface area contributed by atoms with Gasteiger partial charge in [-0.3, -0.25) is 4.90 Å². The van der Waals surface area contributed by atoms with E-state index in [9.17, 15) is 22.0 Å². The van der Waals surface area contributed by atoms with Gasteiger partial charge in [0.2, 0.25) is 10.0 Å². The van der Waals surface area contributed by atoms with Gasteiger partial charge in [0.25, 0.3) is 0 Å². The van der Waals surface area contributed by atoms with Crippen molar-refractivity contribution >= 4 is 16.1 Å². The van der Waals surface area contributed by atoms with Crippen LogP contribution in [0.15, 0.2) is 53.4 Å². The summed E-state index contributed by atoms with van der Waals surface area (Å²) in [6.45, 7) is 3.23. The van der Waals surface area contributed by atoms with E-state index in [1.807, 2.05) is 0 Å². The number of nitrogens with one attached hydrogen (secondary N) is 1. The van der Waals surface area contributed by atoms with Crippen molar-refractivity contribution in [2.45, 2.75) is 30.3 Å². The van der Waals surface area contributed by atoms with Crippen LogP contribution in [-0.4, -0.2) is 73.9 Å². The van der Waals surface area contributed by atoms with Gasteiger partial charge in [-0.25, -0.2) is 22.0 Å². The number of halogens is 2. The summed E-state index contributed by atoms with van der Waals surface area (Å²) in [7, 11) is -3.55. The van der Waals surface area contributed by atoms with E-state index in [1.54, 1.807) is 41.3 Å². The van der Waals surface area contributed by atoms with Crippen molar-refractivity contribution in [3.8, 4) is 0 Å². The lowest BCUT2D eigenvalue weighted by Gasteiger charge is -2.36. The van der Waals surface area contributed by atoms with Crippen LogP contribution >= 0.6 is 0 Å². The normalized spacial score (nSPS) is 18.9. The first-order valence-electron chi connectivity index (χ1n) is 11.1. The smallest absolute Gasteiger partial charge is 0.317 e. The molecule has 0 saturated carbocycles. The maximum atomic E-state index is 13.4. The van der Waals surface area contributed by atoms with Crippen molar-refractivity contribution in [3.05, 3.63) is 65.7 Å². The molecule has 0 atom stereocenters. The third-order valence-electron chi connectivity index (χ3n) is 6.21. The maximum absolute atomic E-state index is 13.4. The van der Waals surface area contributed by atoms with Gasteiger partial charge in [-0.15, -0.1) is 0 Å². The molecule has 0 bridgehead atoms. The van der Waals surface area contributed by atoms with E-state index < -0.39 is 21.7 Å². The minimum absolute atomic E-state index is 0.0322. The quantitative estimate of drug-likeness (QED) is 0.717. The number of carbonyl (C=O) groups excluding carboxylic acids is 1. The first-order chi connectivity index (χ1) is 15.8. The third-order valence-corrected chi connectivity index (χ3v) is 8.13. The zero-order valence-corrected chi connectivity index (χ0v) is 19.1. The molecule has 2 heterocycles. The van der Waals surface area contributed by atoms with Gasteiger partial charge >= 0.3 is 6.03 Å². The predicted molar refractivity (Wildman–Crippen MR) is 120 cm³/mol. The Morgan fingerprint density at radius 1 is 0.909 bits per heavy atom. The Morgan fingerprint density at radius 2 is 1.58 bits per heavy atom. The molecule has 0 aromatic heterocycles. The van der Waals surface area contributed by atoms with Gasteiger partial charge in [0, 0.05) is 51.9 Å². The molecule has 2 saturated heterocycles. The summed E-state index contributed by atoms with van der Waals surface area (Å²) in [5.41, 5.74) is 0.722. The fourth-order valence-corrected chi connectivity index (χ4v) is 5.71. The SMILES string of the molecule is O=C(NC1CCN(Cc2ccc(F)c(F)c2)CC1)N1CCN(S(=O)(=O)c2ccccc2)CC1. The average Bonchev–Trinajstić information content (AvgIpc) is 2.83. The lowest BCUT2D eigenvalue weighted by molar-refractivity contribution is 0.154. The lowest BCUT2D eigenvalue weighted by Crippen LogP contribution is -2.55.